The number of hydrogen-bond donors (Lipinski definition) is 2. The van der Waals surface area contributed by atoms with Crippen LogP contribution in [0.1, 0.15) is 59.8 Å². The maximum atomic E-state index is 12.4. The lowest BCUT2D eigenvalue weighted by Gasteiger charge is -2.15. The number of carbonyl (C=O) groups is 1. The second-order valence-corrected chi connectivity index (χ2v) is 7.33. The van der Waals surface area contributed by atoms with E-state index in [9.17, 15) is 9.59 Å². The molecule has 30 heavy (non-hydrogen) atoms. The zero-order valence-electron chi connectivity index (χ0n) is 17.4. The SMILES string of the molecule is CCCCCCOc1ccc(C(=O)NC(=S)Nn2c(C)cc(C)c(C#N)c2=O)cc1. The Kier molecular flexibility index (Phi) is 8.56. The standard InChI is InChI=1S/C22H26N4O3S/c1-4-5-6-7-12-29-18-10-8-17(9-11-18)20(27)24-22(30)25-26-16(3)13-15(2)19(14-23)21(26)28/h8-11,13H,4-7,12H2,1-3H3,(H2,24,25,27,30). The molecule has 0 atom stereocenters. The van der Waals surface area contributed by atoms with Gasteiger partial charge in [0.25, 0.3) is 11.5 Å². The van der Waals surface area contributed by atoms with E-state index in [1.54, 1.807) is 44.2 Å². The first-order valence-corrected chi connectivity index (χ1v) is 10.3. The van der Waals surface area contributed by atoms with Gasteiger partial charge in [-0.25, -0.2) is 4.68 Å². The Bertz CT molecular complexity index is 1010. The van der Waals surface area contributed by atoms with E-state index in [4.69, 9.17) is 22.2 Å². The van der Waals surface area contributed by atoms with E-state index in [0.29, 0.717) is 29.2 Å². The largest absolute Gasteiger partial charge is 0.494 e. The summed E-state index contributed by atoms with van der Waals surface area (Å²) in [5.74, 6) is 0.287. The Morgan fingerprint density at radius 1 is 1.20 bits per heavy atom. The lowest BCUT2D eigenvalue weighted by molar-refractivity contribution is 0.0977. The maximum absolute atomic E-state index is 12.4. The van der Waals surface area contributed by atoms with Crippen molar-refractivity contribution in [1.82, 2.24) is 9.99 Å². The van der Waals surface area contributed by atoms with Gasteiger partial charge >= 0.3 is 0 Å². The van der Waals surface area contributed by atoms with Crippen molar-refractivity contribution in [1.29, 1.82) is 5.26 Å². The minimum Gasteiger partial charge on any atom is -0.494 e. The van der Waals surface area contributed by atoms with Gasteiger partial charge in [0, 0.05) is 11.3 Å². The highest BCUT2D eigenvalue weighted by atomic mass is 32.1. The van der Waals surface area contributed by atoms with E-state index in [-0.39, 0.29) is 10.7 Å². The second-order valence-electron chi connectivity index (χ2n) is 6.92. The van der Waals surface area contributed by atoms with Crippen LogP contribution in [-0.4, -0.2) is 22.3 Å². The molecule has 2 rings (SSSR count). The highest BCUT2D eigenvalue weighted by molar-refractivity contribution is 7.80. The van der Waals surface area contributed by atoms with Gasteiger partial charge in [-0.2, -0.15) is 5.26 Å². The van der Waals surface area contributed by atoms with Crippen LogP contribution in [-0.2, 0) is 0 Å². The molecule has 1 aromatic carbocycles. The monoisotopic (exact) mass is 426 g/mol. The zero-order chi connectivity index (χ0) is 22.1. The first-order chi connectivity index (χ1) is 14.4. The molecule has 2 aromatic rings. The van der Waals surface area contributed by atoms with Gasteiger partial charge in [-0.3, -0.25) is 20.3 Å². The number of amides is 1. The van der Waals surface area contributed by atoms with Crippen LogP contribution in [0.2, 0.25) is 0 Å². The van der Waals surface area contributed by atoms with Crippen LogP contribution < -0.4 is 21.0 Å². The van der Waals surface area contributed by atoms with Crippen molar-refractivity contribution in [2.45, 2.75) is 46.5 Å². The van der Waals surface area contributed by atoms with Crippen molar-refractivity contribution in [3.05, 3.63) is 63.1 Å². The summed E-state index contributed by atoms with van der Waals surface area (Å²) in [6.45, 7) is 6.20. The number of aromatic nitrogens is 1. The molecule has 158 valence electrons. The van der Waals surface area contributed by atoms with Gasteiger partial charge in [0.05, 0.1) is 6.61 Å². The fourth-order valence-electron chi connectivity index (χ4n) is 2.89. The third-order valence-corrected chi connectivity index (χ3v) is 4.72. The number of pyridine rings is 1. The lowest BCUT2D eigenvalue weighted by atomic mass is 10.1. The molecule has 8 heteroatoms. The number of hydrogen-bond acceptors (Lipinski definition) is 5. The summed E-state index contributed by atoms with van der Waals surface area (Å²) in [7, 11) is 0. The molecule has 0 aliphatic rings. The van der Waals surface area contributed by atoms with Crippen LogP contribution in [0.25, 0.3) is 0 Å². The number of nitrogens with one attached hydrogen (secondary N) is 2. The molecule has 0 saturated carbocycles. The van der Waals surface area contributed by atoms with Crippen LogP contribution >= 0.6 is 12.2 Å². The minimum atomic E-state index is -0.521. The summed E-state index contributed by atoms with van der Waals surface area (Å²) in [6.07, 6.45) is 4.52. The van der Waals surface area contributed by atoms with Crippen molar-refractivity contribution in [3.63, 3.8) is 0 Å². The average molecular weight is 427 g/mol. The fourth-order valence-corrected chi connectivity index (χ4v) is 3.08. The Morgan fingerprint density at radius 3 is 2.53 bits per heavy atom. The lowest BCUT2D eigenvalue weighted by Crippen LogP contribution is -2.43. The number of carbonyl (C=O) groups excluding carboxylic acids is 1. The van der Waals surface area contributed by atoms with Crippen molar-refractivity contribution in [3.8, 4) is 11.8 Å². The number of benzene rings is 1. The molecule has 0 radical (unpaired) electrons. The average Bonchev–Trinajstić information content (AvgIpc) is 2.71. The molecule has 1 heterocycles. The van der Waals surface area contributed by atoms with Gasteiger partial charge in [0.2, 0.25) is 0 Å². The van der Waals surface area contributed by atoms with Crippen LogP contribution in [0.4, 0.5) is 0 Å². The van der Waals surface area contributed by atoms with Crippen molar-refractivity contribution < 1.29 is 9.53 Å². The quantitative estimate of drug-likeness (QED) is 0.495. The molecule has 0 fully saturated rings. The molecule has 1 aromatic heterocycles. The Morgan fingerprint density at radius 2 is 1.90 bits per heavy atom. The van der Waals surface area contributed by atoms with E-state index in [2.05, 4.69) is 17.7 Å². The van der Waals surface area contributed by atoms with Gasteiger partial charge in [-0.05, 0) is 68.4 Å². The van der Waals surface area contributed by atoms with Crippen LogP contribution in [0.5, 0.6) is 5.75 Å². The van der Waals surface area contributed by atoms with Gasteiger partial charge in [0.15, 0.2) is 5.11 Å². The van der Waals surface area contributed by atoms with E-state index in [0.717, 1.165) is 17.5 Å². The number of aryl methyl sites for hydroxylation is 2. The Labute approximate surface area is 181 Å². The van der Waals surface area contributed by atoms with Gasteiger partial charge in [-0.1, -0.05) is 26.2 Å². The summed E-state index contributed by atoms with van der Waals surface area (Å²) >= 11 is 5.15. The van der Waals surface area contributed by atoms with Crippen LogP contribution in [0, 0.1) is 25.2 Å². The highest BCUT2D eigenvalue weighted by Gasteiger charge is 2.13. The third kappa shape index (κ3) is 6.16. The number of ether oxygens (including phenoxy) is 1. The molecule has 0 unspecified atom stereocenters. The smallest absolute Gasteiger partial charge is 0.287 e. The number of thiocarbonyl (C=S) groups is 1. The van der Waals surface area contributed by atoms with Crippen molar-refractivity contribution in [2.24, 2.45) is 0 Å². The first-order valence-electron chi connectivity index (χ1n) is 9.86. The number of nitriles is 1. The van der Waals surface area contributed by atoms with Crippen molar-refractivity contribution in [2.75, 3.05) is 12.0 Å². The normalized spacial score (nSPS) is 10.2. The molecular formula is C22H26N4O3S. The van der Waals surface area contributed by atoms with Crippen LogP contribution in [0.3, 0.4) is 0 Å². The molecule has 2 N–H and O–H groups in total. The summed E-state index contributed by atoms with van der Waals surface area (Å²) in [4.78, 5) is 24.8. The van der Waals surface area contributed by atoms with Crippen LogP contribution in [0.15, 0.2) is 35.1 Å². The first kappa shape index (κ1) is 23.1. The predicted molar refractivity (Wildman–Crippen MR) is 120 cm³/mol. The number of nitrogens with zero attached hydrogens (tertiary/aromatic N) is 2. The number of rotatable bonds is 8. The second kappa shape index (κ2) is 11.1. The third-order valence-electron chi connectivity index (χ3n) is 4.52. The van der Waals surface area contributed by atoms with E-state index >= 15 is 0 Å². The molecule has 0 saturated heterocycles. The summed E-state index contributed by atoms with van der Waals surface area (Å²) in [5, 5.41) is 11.6. The molecular weight excluding hydrogens is 400 g/mol. The van der Waals surface area contributed by atoms with E-state index < -0.39 is 11.5 Å². The molecule has 0 spiro atoms. The van der Waals surface area contributed by atoms with E-state index in [1.165, 1.54) is 12.8 Å². The minimum absolute atomic E-state index is 0.0208. The summed E-state index contributed by atoms with van der Waals surface area (Å²) in [5.41, 5.74) is 3.72. The molecule has 0 aliphatic heterocycles. The van der Waals surface area contributed by atoms with Gasteiger partial charge in [0.1, 0.15) is 17.4 Å². The Balaban J connectivity index is 1.96. The maximum Gasteiger partial charge on any atom is 0.287 e. The fraction of sp³-hybridized carbons (Fsp3) is 0.364. The van der Waals surface area contributed by atoms with Gasteiger partial charge < -0.3 is 4.74 Å². The zero-order valence-corrected chi connectivity index (χ0v) is 18.3. The highest BCUT2D eigenvalue weighted by Crippen LogP contribution is 2.13. The predicted octanol–water partition coefficient (Wildman–Crippen LogP) is 3.55. The molecule has 0 aliphatic carbocycles. The molecule has 1 amide bonds. The summed E-state index contributed by atoms with van der Waals surface area (Å²) < 4.78 is 6.81. The molecule has 0 bridgehead atoms. The summed E-state index contributed by atoms with van der Waals surface area (Å²) in [6, 6.07) is 10.3. The number of unbranched alkanes of at least 4 members (excludes halogenated alkanes) is 3. The Hall–Kier alpha value is -3.18. The topological polar surface area (TPSA) is 96.2 Å². The van der Waals surface area contributed by atoms with Crippen molar-refractivity contribution >= 4 is 23.2 Å². The van der Waals surface area contributed by atoms with Gasteiger partial charge in [-0.15, -0.1) is 0 Å². The van der Waals surface area contributed by atoms with E-state index in [1.807, 2.05) is 6.07 Å². The molecule has 7 nitrogen and oxygen atoms in total.